The van der Waals surface area contributed by atoms with Gasteiger partial charge >= 0.3 is 0 Å². The summed E-state index contributed by atoms with van der Waals surface area (Å²) in [6.07, 6.45) is 2.80. The number of nitrogens with two attached hydrogens (primary N) is 1. The lowest BCUT2D eigenvalue weighted by Gasteiger charge is -2.24. The molecule has 3 N–H and O–H groups in total. The predicted octanol–water partition coefficient (Wildman–Crippen LogP) is 1.27. The molecule has 1 aromatic heterocycles. The van der Waals surface area contributed by atoms with Gasteiger partial charge in [0.2, 0.25) is 0 Å². The highest BCUT2D eigenvalue weighted by molar-refractivity contribution is 5.52. The van der Waals surface area contributed by atoms with Crippen molar-refractivity contribution in [2.24, 2.45) is 0 Å². The summed E-state index contributed by atoms with van der Waals surface area (Å²) in [5.74, 6) is 0. The van der Waals surface area contributed by atoms with E-state index in [0.29, 0.717) is 18.8 Å². The van der Waals surface area contributed by atoms with Gasteiger partial charge in [-0.15, -0.1) is 0 Å². The SMILES string of the molecule is Cc1ccccc1N(C)CC(O)Cn1cc(N)cn1. The zero-order valence-electron chi connectivity index (χ0n) is 11.3. The van der Waals surface area contributed by atoms with Gasteiger partial charge in [0.1, 0.15) is 0 Å². The molecule has 0 aliphatic carbocycles. The maximum absolute atomic E-state index is 10.1. The lowest BCUT2D eigenvalue weighted by molar-refractivity contribution is 0.156. The molecular weight excluding hydrogens is 240 g/mol. The summed E-state index contributed by atoms with van der Waals surface area (Å²) in [5.41, 5.74) is 8.52. The van der Waals surface area contributed by atoms with E-state index in [1.54, 1.807) is 17.1 Å². The molecule has 0 saturated carbocycles. The van der Waals surface area contributed by atoms with Gasteiger partial charge < -0.3 is 15.7 Å². The van der Waals surface area contributed by atoms with Crippen molar-refractivity contribution in [1.82, 2.24) is 9.78 Å². The van der Waals surface area contributed by atoms with Crippen LogP contribution in [-0.2, 0) is 6.54 Å². The topological polar surface area (TPSA) is 67.3 Å². The van der Waals surface area contributed by atoms with Crippen molar-refractivity contribution < 1.29 is 5.11 Å². The molecular formula is C14H20N4O. The molecule has 5 heteroatoms. The van der Waals surface area contributed by atoms with Gasteiger partial charge in [-0.2, -0.15) is 5.10 Å². The predicted molar refractivity (Wildman–Crippen MR) is 77.1 cm³/mol. The molecule has 0 amide bonds. The monoisotopic (exact) mass is 260 g/mol. The second-order valence-corrected chi connectivity index (χ2v) is 4.82. The number of benzene rings is 1. The normalized spacial score (nSPS) is 12.4. The number of hydrogen-bond acceptors (Lipinski definition) is 4. The molecule has 0 aliphatic rings. The van der Waals surface area contributed by atoms with Gasteiger partial charge in [0.25, 0.3) is 0 Å². The standard InChI is InChI=1S/C14H20N4O/c1-11-5-3-4-6-14(11)17(2)9-13(19)10-18-8-12(15)7-16-18/h3-8,13,19H,9-10,15H2,1-2H3. The summed E-state index contributed by atoms with van der Waals surface area (Å²) in [4.78, 5) is 2.05. The lowest BCUT2D eigenvalue weighted by Crippen LogP contribution is -2.32. The molecule has 0 bridgehead atoms. The minimum atomic E-state index is -0.496. The van der Waals surface area contributed by atoms with E-state index in [-0.39, 0.29) is 0 Å². The Morgan fingerprint density at radius 1 is 1.42 bits per heavy atom. The Labute approximate surface area is 113 Å². The van der Waals surface area contributed by atoms with Crippen molar-refractivity contribution in [1.29, 1.82) is 0 Å². The highest BCUT2D eigenvalue weighted by Gasteiger charge is 2.11. The van der Waals surface area contributed by atoms with Gasteiger partial charge in [-0.1, -0.05) is 18.2 Å². The number of likely N-dealkylation sites (N-methyl/N-ethyl adjacent to an activating group) is 1. The van der Waals surface area contributed by atoms with E-state index in [1.165, 1.54) is 5.56 Å². The highest BCUT2D eigenvalue weighted by atomic mass is 16.3. The zero-order valence-corrected chi connectivity index (χ0v) is 11.3. The number of nitrogen functional groups attached to an aromatic ring is 1. The first-order valence-corrected chi connectivity index (χ1v) is 6.29. The second-order valence-electron chi connectivity index (χ2n) is 4.82. The molecule has 2 aromatic rings. The van der Waals surface area contributed by atoms with Crippen molar-refractivity contribution in [3.63, 3.8) is 0 Å². The number of aryl methyl sites for hydroxylation is 1. The van der Waals surface area contributed by atoms with Crippen molar-refractivity contribution in [3.8, 4) is 0 Å². The van der Waals surface area contributed by atoms with Crippen LogP contribution in [0.2, 0.25) is 0 Å². The summed E-state index contributed by atoms with van der Waals surface area (Å²) < 4.78 is 1.66. The number of aliphatic hydroxyl groups excluding tert-OH is 1. The van der Waals surface area contributed by atoms with Gasteiger partial charge in [-0.3, -0.25) is 4.68 Å². The van der Waals surface area contributed by atoms with Crippen LogP contribution in [0.3, 0.4) is 0 Å². The van der Waals surface area contributed by atoms with Crippen LogP contribution in [0.15, 0.2) is 36.7 Å². The number of rotatable bonds is 5. The van der Waals surface area contributed by atoms with Gasteiger partial charge in [0.05, 0.1) is 24.5 Å². The van der Waals surface area contributed by atoms with Crippen molar-refractivity contribution >= 4 is 11.4 Å². The molecule has 0 spiro atoms. The molecule has 102 valence electrons. The Bertz CT molecular complexity index is 538. The largest absolute Gasteiger partial charge is 0.396 e. The van der Waals surface area contributed by atoms with Crippen LogP contribution in [0.25, 0.3) is 0 Å². The summed E-state index contributed by atoms with van der Waals surface area (Å²) >= 11 is 0. The maximum Gasteiger partial charge on any atom is 0.0910 e. The van der Waals surface area contributed by atoms with Gasteiger partial charge in [0.15, 0.2) is 0 Å². The van der Waals surface area contributed by atoms with Crippen LogP contribution >= 0.6 is 0 Å². The molecule has 1 heterocycles. The van der Waals surface area contributed by atoms with Crippen molar-refractivity contribution in [2.45, 2.75) is 19.6 Å². The minimum Gasteiger partial charge on any atom is -0.396 e. The summed E-state index contributed by atoms with van der Waals surface area (Å²) in [7, 11) is 1.98. The van der Waals surface area contributed by atoms with Gasteiger partial charge in [-0.25, -0.2) is 0 Å². The fourth-order valence-electron chi connectivity index (χ4n) is 2.16. The summed E-state index contributed by atoms with van der Waals surface area (Å²) in [6, 6.07) is 8.12. The van der Waals surface area contributed by atoms with Crippen LogP contribution < -0.4 is 10.6 Å². The average molecular weight is 260 g/mol. The smallest absolute Gasteiger partial charge is 0.0910 e. The van der Waals surface area contributed by atoms with E-state index in [1.807, 2.05) is 30.1 Å². The average Bonchev–Trinajstić information content (AvgIpc) is 2.74. The van der Waals surface area contributed by atoms with E-state index < -0.39 is 6.10 Å². The number of anilines is 2. The van der Waals surface area contributed by atoms with Gasteiger partial charge in [0, 0.05) is 25.5 Å². The van der Waals surface area contributed by atoms with E-state index >= 15 is 0 Å². The molecule has 2 rings (SSSR count). The van der Waals surface area contributed by atoms with Crippen molar-refractivity contribution in [3.05, 3.63) is 42.2 Å². The van der Waals surface area contributed by atoms with Crippen molar-refractivity contribution in [2.75, 3.05) is 24.2 Å². The van der Waals surface area contributed by atoms with Crippen LogP contribution in [0.4, 0.5) is 11.4 Å². The molecule has 1 atom stereocenters. The maximum atomic E-state index is 10.1. The second kappa shape index (κ2) is 5.75. The first-order chi connectivity index (χ1) is 9.06. The summed E-state index contributed by atoms with van der Waals surface area (Å²) in [5, 5.41) is 14.2. The quantitative estimate of drug-likeness (QED) is 0.849. The lowest BCUT2D eigenvalue weighted by atomic mass is 10.2. The van der Waals surface area contributed by atoms with Crippen LogP contribution in [0.5, 0.6) is 0 Å². The third kappa shape index (κ3) is 3.48. The first kappa shape index (κ1) is 13.4. The van der Waals surface area contributed by atoms with Crippen LogP contribution in [-0.4, -0.2) is 34.6 Å². The van der Waals surface area contributed by atoms with Gasteiger partial charge in [-0.05, 0) is 18.6 Å². The Morgan fingerprint density at radius 3 is 2.79 bits per heavy atom. The molecule has 1 aromatic carbocycles. The molecule has 0 saturated heterocycles. The highest BCUT2D eigenvalue weighted by Crippen LogP contribution is 2.18. The number of nitrogens with zero attached hydrogens (tertiary/aromatic N) is 3. The minimum absolute atomic E-state index is 0.438. The van der Waals surface area contributed by atoms with E-state index in [0.717, 1.165) is 5.69 Å². The van der Waals surface area contributed by atoms with E-state index in [9.17, 15) is 5.11 Å². The molecule has 19 heavy (non-hydrogen) atoms. The Kier molecular flexibility index (Phi) is 4.06. The van der Waals surface area contributed by atoms with Crippen LogP contribution in [0.1, 0.15) is 5.56 Å². The molecule has 0 radical (unpaired) electrons. The third-order valence-corrected chi connectivity index (χ3v) is 3.06. The number of aliphatic hydroxyl groups is 1. The summed E-state index contributed by atoms with van der Waals surface area (Å²) in [6.45, 7) is 3.05. The van der Waals surface area contributed by atoms with E-state index in [2.05, 4.69) is 18.1 Å². The van der Waals surface area contributed by atoms with E-state index in [4.69, 9.17) is 5.73 Å². The number of aromatic nitrogens is 2. The number of para-hydroxylation sites is 1. The molecule has 1 unspecified atom stereocenters. The number of hydrogen-bond donors (Lipinski definition) is 2. The first-order valence-electron chi connectivity index (χ1n) is 6.29. The Morgan fingerprint density at radius 2 is 2.16 bits per heavy atom. The zero-order chi connectivity index (χ0) is 13.8. The Hall–Kier alpha value is -2.01. The molecule has 0 aliphatic heterocycles. The molecule has 5 nitrogen and oxygen atoms in total. The fourth-order valence-corrected chi connectivity index (χ4v) is 2.16. The van der Waals surface area contributed by atoms with Crippen LogP contribution in [0, 0.1) is 6.92 Å². The Balaban J connectivity index is 1.95. The molecule has 0 fully saturated rings. The third-order valence-electron chi connectivity index (χ3n) is 3.06. The fraction of sp³-hybridized carbons (Fsp3) is 0.357.